The molecule has 0 saturated carbocycles. The summed E-state index contributed by atoms with van der Waals surface area (Å²) in [6.07, 6.45) is -6.41. The molecule has 252 valence electrons. The van der Waals surface area contributed by atoms with Gasteiger partial charge in [0.2, 0.25) is 0 Å². The normalized spacial score (nSPS) is 49.2. The van der Waals surface area contributed by atoms with E-state index in [2.05, 4.69) is 0 Å². The average Bonchev–Trinajstić information content (AvgIpc) is 3.70. The molecule has 6 fully saturated rings. The van der Waals surface area contributed by atoms with Crippen molar-refractivity contribution >= 4 is 12.7 Å². The standard InChI is InChI=1S/C32H47O12P/c1-17-20(38-29(4,5)36-17)22-23-25(41-30(6,7)39-23)27(35-22)43-32(10)26-24(40-31(8,9)42-26)21(19-16-34-28(2,3)37-19)44-45(32,33)18-14-12-11-13-15-18/h11-15,17,19-27H,16H2,1-10H3/t17-,19+,20-,21+,22-,23+,24-,25+,26-,27+,32+,45?/m0/s1. The van der Waals surface area contributed by atoms with Crippen molar-refractivity contribution in [2.45, 2.75) is 159 Å². The van der Waals surface area contributed by atoms with Crippen LogP contribution < -0.4 is 5.30 Å². The zero-order chi connectivity index (χ0) is 32.4. The largest absolute Gasteiger partial charge is 0.348 e. The Kier molecular flexibility index (Phi) is 7.60. The van der Waals surface area contributed by atoms with Crippen LogP contribution in [0.4, 0.5) is 0 Å². The quantitative estimate of drug-likeness (QED) is 0.424. The Hall–Kier alpha value is -0.990. The molecule has 0 amide bonds. The second-order valence-corrected chi connectivity index (χ2v) is 17.6. The fourth-order valence-electron chi connectivity index (χ4n) is 7.67. The van der Waals surface area contributed by atoms with E-state index >= 15 is 4.57 Å². The van der Waals surface area contributed by atoms with Crippen LogP contribution in [0.25, 0.3) is 0 Å². The first-order valence-corrected chi connectivity index (χ1v) is 17.5. The summed E-state index contributed by atoms with van der Waals surface area (Å²) in [7, 11) is -3.96. The van der Waals surface area contributed by atoms with Crippen LogP contribution >= 0.6 is 7.37 Å². The van der Waals surface area contributed by atoms with Crippen LogP contribution in [-0.2, 0) is 56.5 Å². The van der Waals surface area contributed by atoms with Gasteiger partial charge in [0.25, 0.3) is 7.37 Å². The zero-order valence-corrected chi connectivity index (χ0v) is 28.6. The van der Waals surface area contributed by atoms with Gasteiger partial charge >= 0.3 is 0 Å². The van der Waals surface area contributed by atoms with Crippen molar-refractivity contribution in [3.05, 3.63) is 30.3 Å². The van der Waals surface area contributed by atoms with Crippen LogP contribution in [0.2, 0.25) is 0 Å². The van der Waals surface area contributed by atoms with Crippen molar-refractivity contribution in [3.63, 3.8) is 0 Å². The fraction of sp³-hybridized carbons (Fsp3) is 0.812. The van der Waals surface area contributed by atoms with Gasteiger partial charge in [-0.25, -0.2) is 0 Å². The summed E-state index contributed by atoms with van der Waals surface area (Å²) >= 11 is 0. The van der Waals surface area contributed by atoms with Gasteiger partial charge in [-0.05, 0) is 81.4 Å². The molecule has 12 atom stereocenters. The van der Waals surface area contributed by atoms with E-state index in [9.17, 15) is 0 Å². The van der Waals surface area contributed by atoms with Gasteiger partial charge in [0.15, 0.2) is 34.8 Å². The lowest BCUT2D eigenvalue weighted by molar-refractivity contribution is -0.277. The highest BCUT2D eigenvalue weighted by Crippen LogP contribution is 2.68. The Morgan fingerprint density at radius 2 is 1.27 bits per heavy atom. The predicted octanol–water partition coefficient (Wildman–Crippen LogP) is 4.18. The lowest BCUT2D eigenvalue weighted by Crippen LogP contribution is -2.62. The summed E-state index contributed by atoms with van der Waals surface area (Å²) in [6, 6.07) is 9.07. The number of rotatable bonds is 5. The molecule has 1 unspecified atom stereocenters. The summed E-state index contributed by atoms with van der Waals surface area (Å²) in [5.41, 5.74) is 0. The molecule has 6 aliphatic rings. The molecule has 0 spiro atoms. The van der Waals surface area contributed by atoms with Crippen molar-refractivity contribution in [1.82, 2.24) is 0 Å². The highest BCUT2D eigenvalue weighted by atomic mass is 31.2. The number of benzene rings is 1. The third-order valence-electron chi connectivity index (χ3n) is 9.41. The third-order valence-corrected chi connectivity index (χ3v) is 12.5. The molecular weight excluding hydrogens is 607 g/mol. The molecule has 1 aromatic carbocycles. The van der Waals surface area contributed by atoms with Crippen LogP contribution in [0.15, 0.2) is 30.3 Å². The van der Waals surface area contributed by atoms with Gasteiger partial charge in [-0.2, -0.15) is 0 Å². The Morgan fingerprint density at radius 3 is 1.89 bits per heavy atom. The molecule has 45 heavy (non-hydrogen) atoms. The van der Waals surface area contributed by atoms with Crippen molar-refractivity contribution in [2.24, 2.45) is 0 Å². The topological polar surface area (TPSA) is 119 Å². The highest BCUT2D eigenvalue weighted by molar-refractivity contribution is 7.68. The Balaban J connectivity index is 1.28. The molecule has 6 heterocycles. The van der Waals surface area contributed by atoms with Crippen LogP contribution in [0.5, 0.6) is 0 Å². The number of fused-ring (bicyclic) bond motifs is 2. The van der Waals surface area contributed by atoms with Crippen LogP contribution in [0.3, 0.4) is 0 Å². The van der Waals surface area contributed by atoms with E-state index in [1.165, 1.54) is 0 Å². The van der Waals surface area contributed by atoms with Gasteiger partial charge in [0, 0.05) is 5.30 Å². The number of ether oxygens (including phenoxy) is 10. The number of hydrogen-bond acceptors (Lipinski definition) is 12. The highest BCUT2D eigenvalue weighted by Gasteiger charge is 2.71. The SMILES string of the molecule is C[C@@H]1OC(C)(C)O[C@@H]1[C@@H]1O[C@H](O[C@@]2(C)[C@H]3OC(C)(C)O[C@H]3[C@@H]([C@H]3COC(C)(C)O3)OP2(=O)c2ccccc2)[C@@H]2OC(C)(C)O[C@H]12. The molecule has 12 nitrogen and oxygen atoms in total. The van der Waals surface area contributed by atoms with Gasteiger partial charge in [0.1, 0.15) is 48.8 Å². The molecule has 0 aliphatic carbocycles. The third kappa shape index (κ3) is 5.47. The minimum Gasteiger partial charge on any atom is -0.348 e. The first kappa shape index (κ1) is 32.6. The molecule has 6 saturated heterocycles. The van der Waals surface area contributed by atoms with Crippen molar-refractivity contribution in [1.29, 1.82) is 0 Å². The summed E-state index contributed by atoms with van der Waals surface area (Å²) < 4.78 is 86.4. The van der Waals surface area contributed by atoms with E-state index in [0.29, 0.717) is 5.30 Å². The first-order chi connectivity index (χ1) is 20.8. The minimum absolute atomic E-state index is 0.243. The van der Waals surface area contributed by atoms with E-state index < -0.39 is 91.0 Å². The smallest absolute Gasteiger partial charge is 0.266 e. The second kappa shape index (κ2) is 10.5. The molecule has 13 heteroatoms. The van der Waals surface area contributed by atoms with E-state index in [0.717, 1.165) is 0 Å². The summed E-state index contributed by atoms with van der Waals surface area (Å²) in [5, 5.41) is -1.11. The summed E-state index contributed by atoms with van der Waals surface area (Å²) in [6.45, 7) is 18.7. The molecular formula is C32H47O12P. The van der Waals surface area contributed by atoms with Crippen LogP contribution in [0.1, 0.15) is 69.2 Å². The predicted molar refractivity (Wildman–Crippen MR) is 159 cm³/mol. The maximum atomic E-state index is 15.7. The Bertz CT molecular complexity index is 1330. The lowest BCUT2D eigenvalue weighted by atomic mass is 9.99. The molecule has 0 aromatic heterocycles. The van der Waals surface area contributed by atoms with Crippen LogP contribution in [-0.4, -0.2) is 96.3 Å². The zero-order valence-electron chi connectivity index (χ0n) is 27.7. The van der Waals surface area contributed by atoms with Crippen molar-refractivity contribution in [2.75, 3.05) is 6.61 Å². The van der Waals surface area contributed by atoms with Crippen LogP contribution in [0, 0.1) is 0 Å². The van der Waals surface area contributed by atoms with Crippen molar-refractivity contribution in [3.8, 4) is 0 Å². The molecule has 7 rings (SSSR count). The molecule has 6 aliphatic heterocycles. The van der Waals surface area contributed by atoms with Gasteiger partial charge < -0.3 is 51.9 Å². The van der Waals surface area contributed by atoms with Gasteiger partial charge in [-0.15, -0.1) is 0 Å². The lowest BCUT2D eigenvalue weighted by Gasteiger charge is -2.50. The second-order valence-electron chi connectivity index (χ2n) is 14.9. The average molecular weight is 655 g/mol. The van der Waals surface area contributed by atoms with E-state index in [-0.39, 0.29) is 12.7 Å². The van der Waals surface area contributed by atoms with E-state index in [1.807, 2.05) is 80.5 Å². The monoisotopic (exact) mass is 654 g/mol. The van der Waals surface area contributed by atoms with E-state index in [4.69, 9.17) is 51.9 Å². The number of hydrogen-bond donors (Lipinski definition) is 0. The van der Waals surface area contributed by atoms with Gasteiger partial charge in [-0.3, -0.25) is 4.57 Å². The Labute approximate surface area is 265 Å². The van der Waals surface area contributed by atoms with Crippen molar-refractivity contribution < 1.29 is 56.5 Å². The minimum atomic E-state index is -3.96. The first-order valence-electron chi connectivity index (χ1n) is 15.9. The Morgan fingerprint density at radius 1 is 0.667 bits per heavy atom. The van der Waals surface area contributed by atoms with E-state index in [1.54, 1.807) is 19.1 Å². The molecule has 0 N–H and O–H groups in total. The maximum absolute atomic E-state index is 15.7. The summed E-state index contributed by atoms with van der Waals surface area (Å²) in [5.74, 6) is -3.58. The van der Waals surface area contributed by atoms with Gasteiger partial charge in [0.05, 0.1) is 12.7 Å². The molecule has 0 radical (unpaired) electrons. The summed E-state index contributed by atoms with van der Waals surface area (Å²) in [4.78, 5) is 0. The van der Waals surface area contributed by atoms with Gasteiger partial charge in [-0.1, -0.05) is 18.2 Å². The molecule has 1 aromatic rings. The maximum Gasteiger partial charge on any atom is 0.266 e. The molecule has 0 bridgehead atoms. The fourth-order valence-corrected chi connectivity index (χ4v) is 10.5.